The summed E-state index contributed by atoms with van der Waals surface area (Å²) in [6.45, 7) is 0.806. The van der Waals surface area contributed by atoms with E-state index in [1.54, 1.807) is 25.3 Å². The van der Waals surface area contributed by atoms with Crippen molar-refractivity contribution in [1.29, 1.82) is 0 Å². The van der Waals surface area contributed by atoms with Gasteiger partial charge in [-0.25, -0.2) is 0 Å². The Kier molecular flexibility index (Phi) is 5.91. The van der Waals surface area contributed by atoms with Crippen molar-refractivity contribution in [3.05, 3.63) is 58.1 Å². The Morgan fingerprint density at radius 3 is 2.75 bits per heavy atom. The molecule has 0 radical (unpaired) electrons. The zero-order valence-electron chi connectivity index (χ0n) is 15.7. The van der Waals surface area contributed by atoms with E-state index in [1.165, 1.54) is 19.2 Å². The molecule has 8 nitrogen and oxygen atoms in total. The first kappa shape index (κ1) is 19.8. The Morgan fingerprint density at radius 2 is 2.07 bits per heavy atom. The summed E-state index contributed by atoms with van der Waals surface area (Å²) in [6, 6.07) is 11.4. The van der Waals surface area contributed by atoms with Crippen molar-refractivity contribution in [1.82, 2.24) is 4.90 Å². The van der Waals surface area contributed by atoms with E-state index in [0.717, 1.165) is 11.1 Å². The molecule has 1 N–H and O–H groups in total. The lowest BCUT2D eigenvalue weighted by molar-refractivity contribution is -0.384. The van der Waals surface area contributed by atoms with Gasteiger partial charge in [0.05, 0.1) is 25.2 Å². The van der Waals surface area contributed by atoms with Gasteiger partial charge in [0.25, 0.3) is 5.69 Å². The highest BCUT2D eigenvalue weighted by Crippen LogP contribution is 2.33. The van der Waals surface area contributed by atoms with Crippen LogP contribution in [0.15, 0.2) is 42.5 Å². The SMILES string of the molecule is COC(=O)[C@H]1C[C@H](O)CN1Cc1ccc(OC)c(-c2cccc([N+](=O)[O-])c2)c1. The topological polar surface area (TPSA) is 102 Å². The second kappa shape index (κ2) is 8.37. The Labute approximate surface area is 162 Å². The minimum atomic E-state index is -0.585. The molecule has 1 heterocycles. The molecule has 1 fully saturated rings. The number of nitro groups is 1. The minimum Gasteiger partial charge on any atom is -0.496 e. The molecule has 0 bridgehead atoms. The van der Waals surface area contributed by atoms with Crippen molar-refractivity contribution < 1.29 is 24.3 Å². The molecule has 2 aromatic rings. The Hall–Kier alpha value is -2.97. The zero-order valence-corrected chi connectivity index (χ0v) is 15.7. The van der Waals surface area contributed by atoms with Crippen LogP contribution in [0, 0.1) is 10.1 Å². The molecule has 0 amide bonds. The number of β-amino-alcohol motifs (C(OH)–C–C–N with tert-alkyl or cyclic N) is 1. The average molecular weight is 386 g/mol. The third-order valence-corrected chi connectivity index (χ3v) is 4.87. The molecule has 2 aromatic carbocycles. The van der Waals surface area contributed by atoms with E-state index >= 15 is 0 Å². The van der Waals surface area contributed by atoms with Crippen molar-refractivity contribution in [3.63, 3.8) is 0 Å². The van der Waals surface area contributed by atoms with Crippen molar-refractivity contribution in [2.75, 3.05) is 20.8 Å². The highest BCUT2D eigenvalue weighted by molar-refractivity contribution is 5.76. The number of methoxy groups -OCH3 is 2. The fourth-order valence-corrected chi connectivity index (χ4v) is 3.54. The quantitative estimate of drug-likeness (QED) is 0.462. The van der Waals surface area contributed by atoms with E-state index in [9.17, 15) is 20.0 Å². The van der Waals surface area contributed by atoms with Crippen LogP contribution in [0.1, 0.15) is 12.0 Å². The molecule has 1 aliphatic heterocycles. The van der Waals surface area contributed by atoms with Crippen LogP contribution in [0.25, 0.3) is 11.1 Å². The second-order valence-electron chi connectivity index (χ2n) is 6.70. The average Bonchev–Trinajstić information content (AvgIpc) is 3.07. The number of hydrogen-bond donors (Lipinski definition) is 1. The first-order chi connectivity index (χ1) is 13.4. The van der Waals surface area contributed by atoms with Crippen molar-refractivity contribution in [2.24, 2.45) is 0 Å². The molecular formula is C20H22N2O6. The number of likely N-dealkylation sites (tertiary alicyclic amines) is 1. The summed E-state index contributed by atoms with van der Waals surface area (Å²) >= 11 is 0. The van der Waals surface area contributed by atoms with Gasteiger partial charge in [-0.3, -0.25) is 19.8 Å². The molecular weight excluding hydrogens is 364 g/mol. The molecule has 1 aliphatic rings. The number of esters is 1. The smallest absolute Gasteiger partial charge is 0.323 e. The van der Waals surface area contributed by atoms with Gasteiger partial charge in [-0.05, 0) is 23.3 Å². The van der Waals surface area contributed by atoms with Crippen LogP contribution in [0.4, 0.5) is 5.69 Å². The lowest BCUT2D eigenvalue weighted by Crippen LogP contribution is -2.36. The summed E-state index contributed by atoms with van der Waals surface area (Å²) in [5.41, 5.74) is 2.28. The van der Waals surface area contributed by atoms with E-state index < -0.39 is 17.1 Å². The van der Waals surface area contributed by atoms with Crippen LogP contribution in [0.2, 0.25) is 0 Å². The maximum Gasteiger partial charge on any atom is 0.323 e. The summed E-state index contributed by atoms with van der Waals surface area (Å²) in [4.78, 5) is 24.5. The number of carbonyl (C=O) groups excluding carboxylic acids is 1. The van der Waals surface area contributed by atoms with Crippen LogP contribution in [-0.4, -0.2) is 53.8 Å². The molecule has 0 aromatic heterocycles. The van der Waals surface area contributed by atoms with Crippen LogP contribution in [0.5, 0.6) is 5.75 Å². The zero-order chi connectivity index (χ0) is 20.3. The Morgan fingerprint density at radius 1 is 1.29 bits per heavy atom. The van der Waals surface area contributed by atoms with Crippen molar-refractivity contribution >= 4 is 11.7 Å². The number of nitro benzene ring substituents is 1. The number of aliphatic hydroxyl groups is 1. The Bertz CT molecular complexity index is 885. The fourth-order valence-electron chi connectivity index (χ4n) is 3.54. The largest absolute Gasteiger partial charge is 0.496 e. The summed E-state index contributed by atoms with van der Waals surface area (Å²) in [5, 5.41) is 21.1. The van der Waals surface area contributed by atoms with Crippen molar-refractivity contribution in [3.8, 4) is 16.9 Å². The molecule has 0 saturated carbocycles. The van der Waals surface area contributed by atoms with Gasteiger partial charge in [0.15, 0.2) is 0 Å². The van der Waals surface area contributed by atoms with E-state index in [-0.39, 0.29) is 11.7 Å². The van der Waals surface area contributed by atoms with E-state index in [0.29, 0.717) is 30.8 Å². The van der Waals surface area contributed by atoms with Gasteiger partial charge in [0, 0.05) is 37.2 Å². The maximum absolute atomic E-state index is 12.0. The summed E-state index contributed by atoms with van der Waals surface area (Å²) in [6.07, 6.45) is -0.251. The van der Waals surface area contributed by atoms with Gasteiger partial charge < -0.3 is 14.6 Å². The number of non-ortho nitro benzene ring substituents is 1. The van der Waals surface area contributed by atoms with Gasteiger partial charge in [0.1, 0.15) is 11.8 Å². The highest BCUT2D eigenvalue weighted by atomic mass is 16.6. The first-order valence-corrected chi connectivity index (χ1v) is 8.84. The van der Waals surface area contributed by atoms with E-state index in [1.807, 2.05) is 17.0 Å². The predicted octanol–water partition coefficient (Wildman–Crippen LogP) is 2.38. The number of aliphatic hydroxyl groups excluding tert-OH is 1. The summed E-state index contributed by atoms with van der Waals surface area (Å²) in [5.74, 6) is 0.221. The van der Waals surface area contributed by atoms with Crippen LogP contribution < -0.4 is 4.74 Å². The number of nitrogens with zero attached hydrogens (tertiary/aromatic N) is 2. The van der Waals surface area contributed by atoms with E-state index in [2.05, 4.69) is 0 Å². The van der Waals surface area contributed by atoms with Gasteiger partial charge in [0.2, 0.25) is 0 Å². The monoisotopic (exact) mass is 386 g/mol. The van der Waals surface area contributed by atoms with Crippen LogP contribution in [-0.2, 0) is 16.1 Å². The van der Waals surface area contributed by atoms with Crippen LogP contribution in [0.3, 0.4) is 0 Å². The second-order valence-corrected chi connectivity index (χ2v) is 6.70. The summed E-state index contributed by atoms with van der Waals surface area (Å²) in [7, 11) is 2.87. The third-order valence-electron chi connectivity index (χ3n) is 4.87. The minimum absolute atomic E-state index is 0.00150. The molecule has 8 heteroatoms. The lowest BCUT2D eigenvalue weighted by Gasteiger charge is -2.22. The number of carbonyl (C=O) groups is 1. The van der Waals surface area contributed by atoms with Crippen molar-refractivity contribution in [2.45, 2.75) is 25.1 Å². The molecule has 3 rings (SSSR count). The number of ether oxygens (including phenoxy) is 2. The molecule has 2 atom stereocenters. The molecule has 148 valence electrons. The molecule has 0 spiro atoms. The van der Waals surface area contributed by atoms with Gasteiger partial charge in [-0.1, -0.05) is 18.2 Å². The van der Waals surface area contributed by atoms with Crippen LogP contribution >= 0.6 is 0 Å². The predicted molar refractivity (Wildman–Crippen MR) is 102 cm³/mol. The van der Waals surface area contributed by atoms with E-state index in [4.69, 9.17) is 9.47 Å². The maximum atomic E-state index is 12.0. The normalized spacial score (nSPS) is 19.4. The van der Waals surface area contributed by atoms with Gasteiger partial charge >= 0.3 is 5.97 Å². The molecule has 0 unspecified atom stereocenters. The van der Waals surface area contributed by atoms with Gasteiger partial charge in [-0.15, -0.1) is 0 Å². The third kappa shape index (κ3) is 4.13. The Balaban J connectivity index is 1.92. The number of benzene rings is 2. The number of rotatable bonds is 6. The lowest BCUT2D eigenvalue weighted by atomic mass is 10.0. The molecule has 1 saturated heterocycles. The highest BCUT2D eigenvalue weighted by Gasteiger charge is 2.36. The first-order valence-electron chi connectivity index (χ1n) is 8.84. The fraction of sp³-hybridized carbons (Fsp3) is 0.350. The standard InChI is InChI=1S/C20H22N2O6/c1-27-19-7-6-13(11-21-12-16(23)10-18(21)20(24)28-2)8-17(19)14-4-3-5-15(9-14)22(25)26/h3-9,16,18,23H,10-12H2,1-2H3/t16-,18+/m0/s1. The van der Waals surface area contributed by atoms with Gasteiger partial charge in [-0.2, -0.15) is 0 Å². The number of hydrogen-bond acceptors (Lipinski definition) is 7. The molecule has 0 aliphatic carbocycles. The molecule has 28 heavy (non-hydrogen) atoms. The summed E-state index contributed by atoms with van der Waals surface area (Å²) < 4.78 is 10.3.